The zero-order chi connectivity index (χ0) is 30.5. The SMILES string of the molecule is CCCCCCCCOP(=O)([O-])[O-].CCCCCCCCOP(=O)([O-])[O-].CCCCCCCCOP(=O)([O-])[O-].[Al+3].[Al+3]. The van der Waals surface area contributed by atoms with Gasteiger partial charge in [0.2, 0.25) is 0 Å². The van der Waals surface area contributed by atoms with Crippen molar-refractivity contribution in [2.24, 2.45) is 0 Å². The molecule has 0 spiro atoms. The summed E-state index contributed by atoms with van der Waals surface area (Å²) in [6.07, 6.45) is 18.7. The smallest absolute Gasteiger partial charge is 0.790 e. The first-order chi connectivity index (χ1) is 18.2. The first kappa shape index (κ1) is 51.9. The van der Waals surface area contributed by atoms with Crippen molar-refractivity contribution in [1.82, 2.24) is 0 Å². The first-order valence-electron chi connectivity index (χ1n) is 14.2. The van der Waals surface area contributed by atoms with Crippen LogP contribution in [0.2, 0.25) is 0 Å². The van der Waals surface area contributed by atoms with Crippen molar-refractivity contribution in [2.45, 2.75) is 136 Å². The van der Waals surface area contributed by atoms with E-state index in [1.54, 1.807) is 0 Å². The van der Waals surface area contributed by atoms with Crippen LogP contribution in [0.5, 0.6) is 0 Å². The molecule has 0 amide bonds. The third-order valence-electron chi connectivity index (χ3n) is 5.24. The van der Waals surface area contributed by atoms with E-state index in [-0.39, 0.29) is 54.5 Å². The average molecular weight is 679 g/mol. The third-order valence-corrected chi connectivity index (χ3v) is 6.74. The van der Waals surface area contributed by atoms with Crippen LogP contribution in [-0.2, 0) is 27.3 Å². The van der Waals surface area contributed by atoms with Crippen LogP contribution < -0.4 is 29.4 Å². The van der Waals surface area contributed by atoms with Crippen molar-refractivity contribution in [1.29, 1.82) is 0 Å². The Balaban J connectivity index is -0.000000154. The maximum atomic E-state index is 10.0. The number of hydrogen-bond donors (Lipinski definition) is 0. The van der Waals surface area contributed by atoms with Gasteiger partial charge in [0.05, 0.1) is 43.3 Å². The molecule has 0 unspecified atom stereocenters. The molecule has 0 saturated carbocycles. The molecule has 0 aliphatic carbocycles. The molecular weight excluding hydrogens is 627 g/mol. The van der Waals surface area contributed by atoms with E-state index >= 15 is 0 Å². The standard InChI is InChI=1S/3C8H19O4P.2Al/c3*1-2-3-4-5-6-7-8-12-13(9,10)11;;/h3*2-8H2,1H3,(H2,9,10,11);;/q;;;2*+3/p-6. The van der Waals surface area contributed by atoms with Crippen LogP contribution in [0, 0.1) is 0 Å². The van der Waals surface area contributed by atoms with Gasteiger partial charge in [-0.2, -0.15) is 0 Å². The van der Waals surface area contributed by atoms with Crippen LogP contribution in [-0.4, -0.2) is 54.5 Å². The van der Waals surface area contributed by atoms with Gasteiger partial charge in [0.1, 0.15) is 0 Å². The fourth-order valence-electron chi connectivity index (χ4n) is 3.18. The summed E-state index contributed by atoms with van der Waals surface area (Å²) in [5, 5.41) is 0. The molecule has 0 atom stereocenters. The quantitative estimate of drug-likeness (QED) is 0.0818. The van der Waals surface area contributed by atoms with Crippen LogP contribution in [0.15, 0.2) is 0 Å². The number of rotatable bonds is 24. The molecule has 0 fully saturated rings. The largest absolute Gasteiger partial charge is 3.00 e. The Kier molecular flexibility index (Phi) is 45.4. The fraction of sp³-hybridized carbons (Fsp3) is 1.00. The van der Waals surface area contributed by atoms with Crippen molar-refractivity contribution in [3.8, 4) is 0 Å². The Morgan fingerprint density at radius 3 is 0.707 bits per heavy atom. The van der Waals surface area contributed by atoms with Crippen LogP contribution in [0.4, 0.5) is 0 Å². The normalized spacial score (nSPS) is 11.3. The second kappa shape index (κ2) is 35.9. The number of hydrogen-bond acceptors (Lipinski definition) is 12. The predicted molar refractivity (Wildman–Crippen MR) is 152 cm³/mol. The maximum Gasteiger partial charge on any atom is 3.00 e. The predicted octanol–water partition coefficient (Wildman–Crippen LogP) is 2.82. The Morgan fingerprint density at radius 2 is 0.537 bits per heavy atom. The van der Waals surface area contributed by atoms with Crippen LogP contribution in [0.3, 0.4) is 0 Å². The summed E-state index contributed by atoms with van der Waals surface area (Å²) in [7, 11) is -14.2. The van der Waals surface area contributed by atoms with Crippen LogP contribution in [0.25, 0.3) is 0 Å². The van der Waals surface area contributed by atoms with Crippen molar-refractivity contribution in [2.75, 3.05) is 19.8 Å². The van der Waals surface area contributed by atoms with E-state index in [1.165, 1.54) is 57.8 Å². The molecule has 0 aromatic heterocycles. The molecule has 0 aromatic carbocycles. The topological polar surface area (TPSA) is 217 Å². The molecule has 0 bridgehead atoms. The molecule has 12 nitrogen and oxygen atoms in total. The average Bonchev–Trinajstić information content (AvgIpc) is 2.81. The summed E-state index contributed by atoms with van der Waals surface area (Å²) >= 11 is 0. The van der Waals surface area contributed by atoms with Crippen molar-refractivity contribution in [3.05, 3.63) is 0 Å². The van der Waals surface area contributed by atoms with Gasteiger partial charge in [0, 0.05) is 0 Å². The molecule has 0 aliphatic heterocycles. The van der Waals surface area contributed by atoms with E-state index < -0.39 is 23.5 Å². The molecule has 0 heterocycles. The van der Waals surface area contributed by atoms with E-state index in [0.29, 0.717) is 19.3 Å². The summed E-state index contributed by atoms with van der Waals surface area (Å²) in [5.74, 6) is 0. The fourth-order valence-corrected chi connectivity index (χ4v) is 4.23. The van der Waals surface area contributed by atoms with Gasteiger partial charge in [-0.3, -0.25) is 0 Å². The number of phosphoric ester groups is 3. The molecule has 0 rings (SSSR count). The molecule has 0 saturated heterocycles. The van der Waals surface area contributed by atoms with E-state index in [9.17, 15) is 43.1 Å². The molecule has 0 radical (unpaired) electrons. The minimum absolute atomic E-state index is 0. The van der Waals surface area contributed by atoms with Crippen LogP contribution >= 0.6 is 23.5 Å². The van der Waals surface area contributed by atoms with Gasteiger partial charge in [-0.15, -0.1) is 0 Å². The molecular formula is C24H51Al2O12P3. The van der Waals surface area contributed by atoms with Gasteiger partial charge in [-0.05, 0) is 19.3 Å². The Labute approximate surface area is 270 Å². The van der Waals surface area contributed by atoms with Crippen molar-refractivity contribution in [3.63, 3.8) is 0 Å². The van der Waals surface area contributed by atoms with Gasteiger partial charge < -0.3 is 56.6 Å². The van der Waals surface area contributed by atoms with Gasteiger partial charge >= 0.3 is 34.7 Å². The first-order valence-corrected chi connectivity index (χ1v) is 18.6. The molecule has 17 heteroatoms. The van der Waals surface area contributed by atoms with E-state index in [4.69, 9.17) is 0 Å². The summed E-state index contributed by atoms with van der Waals surface area (Å²) in [6, 6.07) is 0. The van der Waals surface area contributed by atoms with Gasteiger partial charge in [0.15, 0.2) is 0 Å². The van der Waals surface area contributed by atoms with Crippen molar-refractivity contribution < 1.29 is 56.6 Å². The van der Waals surface area contributed by atoms with Crippen LogP contribution in [0.1, 0.15) is 136 Å². The summed E-state index contributed by atoms with van der Waals surface area (Å²) < 4.78 is 42.3. The summed E-state index contributed by atoms with van der Waals surface area (Å²) in [5.41, 5.74) is 0. The van der Waals surface area contributed by atoms with E-state index in [0.717, 1.165) is 38.5 Å². The molecule has 240 valence electrons. The summed E-state index contributed by atoms with van der Waals surface area (Å²) in [4.78, 5) is 60.1. The third kappa shape index (κ3) is 65.2. The van der Waals surface area contributed by atoms with Gasteiger partial charge in [0.25, 0.3) is 0 Å². The van der Waals surface area contributed by atoms with Crippen molar-refractivity contribution >= 4 is 58.2 Å². The second-order valence-corrected chi connectivity index (χ2v) is 12.6. The maximum absolute atomic E-state index is 10.0. The monoisotopic (exact) mass is 678 g/mol. The van der Waals surface area contributed by atoms with Gasteiger partial charge in [-0.25, -0.2) is 0 Å². The Hall–Kier alpha value is 1.39. The second-order valence-electron chi connectivity index (χ2n) is 9.14. The number of phosphoric acid groups is 3. The Morgan fingerprint density at radius 1 is 0.366 bits per heavy atom. The van der Waals surface area contributed by atoms with Gasteiger partial charge in [-0.1, -0.05) is 117 Å². The minimum atomic E-state index is -4.73. The molecule has 41 heavy (non-hydrogen) atoms. The molecule has 0 N–H and O–H groups in total. The molecule has 0 aromatic rings. The molecule has 0 aliphatic rings. The number of unbranched alkanes of at least 4 members (excludes halogenated alkanes) is 15. The Bertz CT molecular complexity index is 560. The van der Waals surface area contributed by atoms with E-state index in [1.807, 2.05) is 0 Å². The zero-order valence-corrected chi connectivity index (χ0v) is 30.2. The summed E-state index contributed by atoms with van der Waals surface area (Å²) in [6.45, 7) is 6.51. The van der Waals surface area contributed by atoms with E-state index in [2.05, 4.69) is 34.3 Å². The zero-order valence-electron chi connectivity index (χ0n) is 25.2. The minimum Gasteiger partial charge on any atom is -0.790 e.